The van der Waals surface area contributed by atoms with Crippen molar-refractivity contribution < 1.29 is 9.47 Å². The molecule has 1 N–H and O–H groups in total. The topological polar surface area (TPSA) is 79.5 Å². The van der Waals surface area contributed by atoms with Gasteiger partial charge in [-0.25, -0.2) is 4.98 Å². The number of pyridine rings is 1. The second-order valence-electron chi connectivity index (χ2n) is 4.96. The van der Waals surface area contributed by atoms with E-state index in [-0.39, 0.29) is 0 Å². The number of nitrogens with zero attached hydrogens (tertiary/aromatic N) is 3. The molecule has 0 atom stereocenters. The third kappa shape index (κ3) is 4.31. The third-order valence-corrected chi connectivity index (χ3v) is 3.82. The number of aromatic nitrogens is 1. The molecule has 124 valence electrons. The molecule has 2 rings (SSSR count). The molecule has 0 amide bonds. The van der Waals surface area contributed by atoms with Crippen LogP contribution in [-0.2, 0) is 11.3 Å². The number of anilines is 1. The Morgan fingerprint density at radius 2 is 2.17 bits per heavy atom. The molecule has 0 aliphatic rings. The quantitative estimate of drug-likeness (QED) is 0.603. The van der Waals surface area contributed by atoms with E-state index in [2.05, 4.69) is 37.5 Å². The first-order valence-corrected chi connectivity index (χ1v) is 7.90. The highest BCUT2D eigenvalue weighted by Gasteiger charge is 2.10. The third-order valence-electron chi connectivity index (χ3n) is 3.20. The Morgan fingerprint density at radius 1 is 1.38 bits per heavy atom. The van der Waals surface area contributed by atoms with E-state index >= 15 is 0 Å². The summed E-state index contributed by atoms with van der Waals surface area (Å²) in [6.07, 6.45) is 1.64. The van der Waals surface area contributed by atoms with E-state index in [0.29, 0.717) is 18.0 Å². The molecule has 0 unspecified atom stereocenters. The molecule has 0 fully saturated rings. The van der Waals surface area contributed by atoms with E-state index < -0.39 is 0 Å². The highest BCUT2D eigenvalue weighted by Crippen LogP contribution is 2.25. The number of methoxy groups -OCH3 is 2. The zero-order valence-electron chi connectivity index (χ0n) is 13.6. The fraction of sp³-hybridized carbons (Fsp3) is 0.235. The van der Waals surface area contributed by atoms with Gasteiger partial charge < -0.3 is 9.47 Å². The van der Waals surface area contributed by atoms with Gasteiger partial charge in [0.2, 0.25) is 0 Å². The molecular formula is C17H17BrN4O2. The summed E-state index contributed by atoms with van der Waals surface area (Å²) in [6, 6.07) is 9.58. The molecule has 0 radical (unpaired) electrons. The second kappa shape index (κ2) is 8.43. The van der Waals surface area contributed by atoms with E-state index in [1.54, 1.807) is 20.4 Å². The van der Waals surface area contributed by atoms with Crippen LogP contribution in [0, 0.1) is 18.3 Å². The summed E-state index contributed by atoms with van der Waals surface area (Å²) < 4.78 is 11.2. The van der Waals surface area contributed by atoms with E-state index in [1.165, 1.54) is 0 Å². The average Bonchev–Trinajstić information content (AvgIpc) is 2.55. The van der Waals surface area contributed by atoms with Crippen molar-refractivity contribution in [1.29, 1.82) is 5.26 Å². The molecule has 1 heterocycles. The van der Waals surface area contributed by atoms with Crippen LogP contribution in [0.1, 0.15) is 22.4 Å². The van der Waals surface area contributed by atoms with Crippen LogP contribution in [-0.4, -0.2) is 25.4 Å². The first-order chi connectivity index (χ1) is 11.6. The fourth-order valence-corrected chi connectivity index (χ4v) is 2.71. The van der Waals surface area contributed by atoms with Crippen LogP contribution in [0.2, 0.25) is 0 Å². The SMILES string of the molecule is COCc1cc(C)nc(N/N=C/c2ccc(OC)c(Br)c2)c1C#N. The fourth-order valence-electron chi connectivity index (χ4n) is 2.15. The number of ether oxygens (including phenoxy) is 2. The molecule has 1 aromatic carbocycles. The maximum Gasteiger partial charge on any atom is 0.164 e. The predicted octanol–water partition coefficient (Wildman–Crippen LogP) is 3.63. The minimum absolute atomic E-state index is 0.343. The standard InChI is InChI=1S/C17H17BrN4O2/c1-11-6-13(10-23-2)14(8-19)17(21-11)22-20-9-12-4-5-16(24-3)15(18)7-12/h4-7,9H,10H2,1-3H3,(H,21,22)/b20-9+. The number of aryl methyl sites for hydroxylation is 1. The van der Waals surface area contributed by atoms with Crippen LogP contribution in [0.3, 0.4) is 0 Å². The molecule has 24 heavy (non-hydrogen) atoms. The van der Waals surface area contributed by atoms with Gasteiger partial charge in [-0.3, -0.25) is 5.43 Å². The number of hydrazone groups is 1. The zero-order valence-corrected chi connectivity index (χ0v) is 15.2. The predicted molar refractivity (Wildman–Crippen MR) is 96.3 cm³/mol. The lowest BCUT2D eigenvalue weighted by atomic mass is 10.1. The molecule has 0 saturated heterocycles. The van der Waals surface area contributed by atoms with Crippen molar-refractivity contribution in [3.05, 3.63) is 51.1 Å². The number of hydrogen-bond acceptors (Lipinski definition) is 6. The van der Waals surface area contributed by atoms with Crippen LogP contribution in [0.5, 0.6) is 5.75 Å². The van der Waals surface area contributed by atoms with Crippen molar-refractivity contribution in [2.45, 2.75) is 13.5 Å². The molecule has 0 spiro atoms. The molecule has 1 aromatic heterocycles. The van der Waals surface area contributed by atoms with Crippen LogP contribution in [0.4, 0.5) is 5.82 Å². The number of halogens is 1. The van der Waals surface area contributed by atoms with Gasteiger partial charge in [0.05, 0.1) is 24.4 Å². The highest BCUT2D eigenvalue weighted by atomic mass is 79.9. The number of rotatable bonds is 6. The molecule has 2 aromatic rings. The molecule has 6 nitrogen and oxygen atoms in total. The minimum atomic E-state index is 0.343. The van der Waals surface area contributed by atoms with Crippen LogP contribution >= 0.6 is 15.9 Å². The molecular weight excluding hydrogens is 372 g/mol. The summed E-state index contributed by atoms with van der Waals surface area (Å²) in [7, 11) is 3.20. The summed E-state index contributed by atoms with van der Waals surface area (Å²) in [5.74, 6) is 1.16. The van der Waals surface area contributed by atoms with Crippen molar-refractivity contribution in [2.24, 2.45) is 5.10 Å². The van der Waals surface area contributed by atoms with Gasteiger partial charge >= 0.3 is 0 Å². The van der Waals surface area contributed by atoms with E-state index in [0.717, 1.165) is 27.0 Å². The van der Waals surface area contributed by atoms with Gasteiger partial charge in [0.15, 0.2) is 5.82 Å². The summed E-state index contributed by atoms with van der Waals surface area (Å²) in [6.45, 7) is 2.20. The first kappa shape index (κ1) is 17.9. The Balaban J connectivity index is 2.22. The monoisotopic (exact) mass is 388 g/mol. The lowest BCUT2D eigenvalue weighted by Gasteiger charge is -2.09. The molecule has 7 heteroatoms. The normalized spacial score (nSPS) is 10.6. The molecule has 0 bridgehead atoms. The number of hydrogen-bond donors (Lipinski definition) is 1. The second-order valence-corrected chi connectivity index (χ2v) is 5.81. The number of benzene rings is 1. The minimum Gasteiger partial charge on any atom is -0.496 e. The Morgan fingerprint density at radius 3 is 2.79 bits per heavy atom. The average molecular weight is 389 g/mol. The van der Waals surface area contributed by atoms with Crippen molar-refractivity contribution in [3.8, 4) is 11.8 Å². The Hall–Kier alpha value is -2.43. The first-order valence-electron chi connectivity index (χ1n) is 7.11. The van der Waals surface area contributed by atoms with Crippen molar-refractivity contribution >= 4 is 28.0 Å². The summed E-state index contributed by atoms with van der Waals surface area (Å²) in [4.78, 5) is 4.33. The Kier molecular flexibility index (Phi) is 6.29. The maximum absolute atomic E-state index is 9.37. The Labute approximate surface area is 149 Å². The van der Waals surface area contributed by atoms with Gasteiger partial charge in [-0.05, 0) is 52.7 Å². The van der Waals surface area contributed by atoms with E-state index in [9.17, 15) is 5.26 Å². The van der Waals surface area contributed by atoms with Crippen LogP contribution < -0.4 is 10.2 Å². The van der Waals surface area contributed by atoms with Crippen LogP contribution in [0.25, 0.3) is 0 Å². The van der Waals surface area contributed by atoms with E-state index in [4.69, 9.17) is 9.47 Å². The maximum atomic E-state index is 9.37. The summed E-state index contributed by atoms with van der Waals surface area (Å²) in [5.41, 5.74) is 5.69. The van der Waals surface area contributed by atoms with Crippen molar-refractivity contribution in [3.63, 3.8) is 0 Å². The van der Waals surface area contributed by atoms with Gasteiger partial charge in [0, 0.05) is 18.4 Å². The van der Waals surface area contributed by atoms with E-state index in [1.807, 2.05) is 31.2 Å². The van der Waals surface area contributed by atoms with Crippen LogP contribution in [0.15, 0.2) is 33.8 Å². The van der Waals surface area contributed by atoms with Gasteiger partial charge in [-0.15, -0.1) is 0 Å². The lowest BCUT2D eigenvalue weighted by molar-refractivity contribution is 0.184. The number of nitrogens with one attached hydrogen (secondary N) is 1. The van der Waals surface area contributed by atoms with Crippen molar-refractivity contribution in [1.82, 2.24) is 4.98 Å². The van der Waals surface area contributed by atoms with Gasteiger partial charge in [-0.1, -0.05) is 0 Å². The summed E-state index contributed by atoms with van der Waals surface area (Å²) in [5, 5.41) is 13.5. The smallest absolute Gasteiger partial charge is 0.164 e. The highest BCUT2D eigenvalue weighted by molar-refractivity contribution is 9.10. The molecule has 0 saturated carbocycles. The van der Waals surface area contributed by atoms with Gasteiger partial charge in [-0.2, -0.15) is 10.4 Å². The summed E-state index contributed by atoms with van der Waals surface area (Å²) >= 11 is 3.43. The molecule has 0 aliphatic carbocycles. The van der Waals surface area contributed by atoms with Crippen molar-refractivity contribution in [2.75, 3.05) is 19.6 Å². The lowest BCUT2D eigenvalue weighted by Crippen LogP contribution is -2.03. The molecule has 0 aliphatic heterocycles. The Bertz CT molecular complexity index is 800. The van der Waals surface area contributed by atoms with Gasteiger partial charge in [0.25, 0.3) is 0 Å². The largest absolute Gasteiger partial charge is 0.496 e. The number of nitriles is 1. The zero-order chi connectivity index (χ0) is 17.5. The van der Waals surface area contributed by atoms with Gasteiger partial charge in [0.1, 0.15) is 17.4 Å².